The molecule has 0 unspecified atom stereocenters. The monoisotopic (exact) mass is 452 g/mol. The molecule has 9 heteroatoms. The highest BCUT2D eigenvalue weighted by Gasteiger charge is 2.31. The summed E-state index contributed by atoms with van der Waals surface area (Å²) in [7, 11) is 0. The summed E-state index contributed by atoms with van der Waals surface area (Å²) in [6.45, 7) is 2.03. The summed E-state index contributed by atoms with van der Waals surface area (Å²) in [5, 5.41) is 8.72. The molecule has 0 bridgehead atoms. The number of hydrogen-bond acceptors (Lipinski definition) is 5. The van der Waals surface area contributed by atoms with Crippen molar-refractivity contribution in [3.8, 4) is 22.8 Å². The SMILES string of the molecule is Cc1oc(-c2ccc(OC(F)(F)F)cc2)cc1COc1cccc(CSCC(=O)O)c1. The molecule has 0 aliphatic rings. The smallest absolute Gasteiger partial charge is 0.489 e. The molecular formula is C22H19F3O5S. The fourth-order valence-electron chi connectivity index (χ4n) is 2.77. The Balaban J connectivity index is 1.62. The summed E-state index contributed by atoms with van der Waals surface area (Å²) in [6.07, 6.45) is -4.74. The number of carboxylic acids is 1. The predicted molar refractivity (Wildman–Crippen MR) is 110 cm³/mol. The van der Waals surface area contributed by atoms with Crippen LogP contribution in [0.25, 0.3) is 11.3 Å². The van der Waals surface area contributed by atoms with Crippen LogP contribution in [0.1, 0.15) is 16.9 Å². The molecule has 164 valence electrons. The molecule has 0 spiro atoms. The van der Waals surface area contributed by atoms with Gasteiger partial charge in [-0.25, -0.2) is 0 Å². The zero-order chi connectivity index (χ0) is 22.4. The van der Waals surface area contributed by atoms with Gasteiger partial charge in [-0.05, 0) is 55.0 Å². The Morgan fingerprint density at radius 2 is 1.84 bits per heavy atom. The molecule has 0 aliphatic carbocycles. The average Bonchev–Trinajstić information content (AvgIpc) is 3.06. The van der Waals surface area contributed by atoms with E-state index in [4.69, 9.17) is 14.3 Å². The van der Waals surface area contributed by atoms with Gasteiger partial charge in [0.1, 0.15) is 29.6 Å². The minimum absolute atomic E-state index is 0.0331. The van der Waals surface area contributed by atoms with E-state index in [9.17, 15) is 18.0 Å². The molecule has 0 aliphatic heterocycles. The van der Waals surface area contributed by atoms with E-state index >= 15 is 0 Å². The Kier molecular flexibility index (Phi) is 7.17. The lowest BCUT2D eigenvalue weighted by molar-refractivity contribution is -0.274. The van der Waals surface area contributed by atoms with Gasteiger partial charge in [0.05, 0.1) is 5.75 Å². The van der Waals surface area contributed by atoms with E-state index < -0.39 is 12.3 Å². The molecule has 3 aromatic rings. The third-order valence-corrected chi connectivity index (χ3v) is 5.17. The van der Waals surface area contributed by atoms with Crippen LogP contribution in [-0.4, -0.2) is 23.2 Å². The van der Waals surface area contributed by atoms with Gasteiger partial charge in [0.25, 0.3) is 0 Å². The van der Waals surface area contributed by atoms with E-state index in [1.165, 1.54) is 36.0 Å². The molecule has 0 amide bonds. The second kappa shape index (κ2) is 9.82. The number of benzene rings is 2. The molecule has 2 aromatic carbocycles. The maximum absolute atomic E-state index is 12.3. The fourth-order valence-corrected chi connectivity index (χ4v) is 3.46. The van der Waals surface area contributed by atoms with Gasteiger partial charge < -0.3 is 19.0 Å². The van der Waals surface area contributed by atoms with Crippen molar-refractivity contribution in [2.24, 2.45) is 0 Å². The Morgan fingerprint density at radius 1 is 1.10 bits per heavy atom. The summed E-state index contributed by atoms with van der Waals surface area (Å²) >= 11 is 1.30. The lowest BCUT2D eigenvalue weighted by Crippen LogP contribution is -2.16. The zero-order valence-corrected chi connectivity index (χ0v) is 17.3. The van der Waals surface area contributed by atoms with Crippen molar-refractivity contribution in [3.05, 3.63) is 71.5 Å². The van der Waals surface area contributed by atoms with E-state index in [0.29, 0.717) is 28.6 Å². The molecule has 0 saturated heterocycles. The Labute approximate surface area is 180 Å². The van der Waals surface area contributed by atoms with Crippen molar-refractivity contribution in [3.63, 3.8) is 0 Å². The molecule has 0 atom stereocenters. The fraction of sp³-hybridized carbons (Fsp3) is 0.227. The van der Waals surface area contributed by atoms with Crippen LogP contribution in [0, 0.1) is 6.92 Å². The van der Waals surface area contributed by atoms with Crippen LogP contribution in [-0.2, 0) is 17.2 Å². The number of aryl methyl sites for hydroxylation is 1. The van der Waals surface area contributed by atoms with E-state index in [-0.39, 0.29) is 18.1 Å². The molecular weight excluding hydrogens is 433 g/mol. The molecule has 0 fully saturated rings. The number of ether oxygens (including phenoxy) is 2. The third-order valence-electron chi connectivity index (χ3n) is 4.18. The van der Waals surface area contributed by atoms with Crippen molar-refractivity contribution in [2.45, 2.75) is 25.6 Å². The molecule has 0 saturated carbocycles. The van der Waals surface area contributed by atoms with Crippen molar-refractivity contribution in [1.82, 2.24) is 0 Å². The predicted octanol–water partition coefficient (Wildman–Crippen LogP) is 6.05. The summed E-state index contributed by atoms with van der Waals surface area (Å²) in [4.78, 5) is 10.6. The highest BCUT2D eigenvalue weighted by molar-refractivity contribution is 7.99. The number of furan rings is 1. The van der Waals surface area contributed by atoms with Gasteiger partial charge >= 0.3 is 12.3 Å². The molecule has 5 nitrogen and oxygen atoms in total. The van der Waals surface area contributed by atoms with Crippen molar-refractivity contribution < 1.29 is 37.0 Å². The number of alkyl halides is 3. The first-order valence-corrected chi connectivity index (χ1v) is 10.3. The van der Waals surface area contributed by atoms with E-state index in [1.54, 1.807) is 19.1 Å². The number of rotatable bonds is 9. The number of hydrogen-bond donors (Lipinski definition) is 1. The third kappa shape index (κ3) is 6.99. The zero-order valence-electron chi connectivity index (χ0n) is 16.4. The number of thioether (sulfide) groups is 1. The molecule has 31 heavy (non-hydrogen) atoms. The highest BCUT2D eigenvalue weighted by Crippen LogP contribution is 2.30. The van der Waals surface area contributed by atoms with Crippen LogP contribution >= 0.6 is 11.8 Å². The van der Waals surface area contributed by atoms with Gasteiger partial charge in [0, 0.05) is 16.9 Å². The summed E-state index contributed by atoms with van der Waals surface area (Å²) in [5.74, 6) is 1.23. The van der Waals surface area contributed by atoms with Gasteiger partial charge in [-0.3, -0.25) is 4.79 Å². The average molecular weight is 452 g/mol. The molecule has 3 rings (SSSR count). The summed E-state index contributed by atoms with van der Waals surface area (Å²) in [5.41, 5.74) is 2.37. The maximum atomic E-state index is 12.3. The van der Waals surface area contributed by atoms with E-state index in [1.807, 2.05) is 18.2 Å². The topological polar surface area (TPSA) is 68.9 Å². The van der Waals surface area contributed by atoms with Crippen molar-refractivity contribution >= 4 is 17.7 Å². The van der Waals surface area contributed by atoms with Crippen LogP contribution in [0.3, 0.4) is 0 Å². The Hall–Kier alpha value is -3.07. The molecule has 1 heterocycles. The molecule has 1 aromatic heterocycles. The first-order chi connectivity index (χ1) is 14.7. The van der Waals surface area contributed by atoms with E-state index in [2.05, 4.69) is 4.74 Å². The highest BCUT2D eigenvalue weighted by atomic mass is 32.2. The maximum Gasteiger partial charge on any atom is 0.573 e. The lowest BCUT2D eigenvalue weighted by atomic mass is 10.1. The van der Waals surface area contributed by atoms with Crippen molar-refractivity contribution in [1.29, 1.82) is 0 Å². The second-order valence-electron chi connectivity index (χ2n) is 6.59. The number of aliphatic carboxylic acids is 1. The van der Waals surface area contributed by atoms with Crippen LogP contribution in [0.4, 0.5) is 13.2 Å². The molecule has 1 N–H and O–H groups in total. The summed E-state index contributed by atoms with van der Waals surface area (Å²) in [6, 6.07) is 14.6. The van der Waals surface area contributed by atoms with Gasteiger partial charge in [0.2, 0.25) is 0 Å². The van der Waals surface area contributed by atoms with Gasteiger partial charge in [0.15, 0.2) is 0 Å². The largest absolute Gasteiger partial charge is 0.573 e. The standard InChI is InChI=1S/C22H19F3O5S/c1-14-17(11-28-19-4-2-3-15(9-19)12-31-13-21(26)27)10-20(29-14)16-5-7-18(8-6-16)30-22(23,24)25/h2-10H,11-13H2,1H3,(H,26,27). The lowest BCUT2D eigenvalue weighted by Gasteiger charge is -2.08. The Morgan fingerprint density at radius 3 is 2.52 bits per heavy atom. The minimum atomic E-state index is -4.74. The first kappa shape index (κ1) is 22.6. The first-order valence-electron chi connectivity index (χ1n) is 9.16. The quantitative estimate of drug-likeness (QED) is 0.426. The minimum Gasteiger partial charge on any atom is -0.489 e. The number of carboxylic acid groups (broad SMARTS) is 1. The van der Waals surface area contributed by atoms with Crippen LogP contribution in [0.2, 0.25) is 0 Å². The van der Waals surface area contributed by atoms with Crippen LogP contribution in [0.5, 0.6) is 11.5 Å². The van der Waals surface area contributed by atoms with Gasteiger partial charge in [-0.1, -0.05) is 12.1 Å². The van der Waals surface area contributed by atoms with Crippen LogP contribution in [0.15, 0.2) is 59.0 Å². The van der Waals surface area contributed by atoms with Crippen LogP contribution < -0.4 is 9.47 Å². The van der Waals surface area contributed by atoms with Gasteiger partial charge in [-0.15, -0.1) is 24.9 Å². The van der Waals surface area contributed by atoms with Gasteiger partial charge in [-0.2, -0.15) is 0 Å². The van der Waals surface area contributed by atoms with Crippen molar-refractivity contribution in [2.75, 3.05) is 5.75 Å². The number of carbonyl (C=O) groups is 1. The summed E-state index contributed by atoms with van der Waals surface area (Å²) < 4.78 is 52.3. The van der Waals surface area contributed by atoms with E-state index in [0.717, 1.165) is 11.1 Å². The second-order valence-corrected chi connectivity index (χ2v) is 7.57. The molecule has 0 radical (unpaired) electrons. The Bertz CT molecular complexity index is 1030. The number of halogens is 3. The normalized spacial score (nSPS) is 11.4.